The third-order valence-corrected chi connectivity index (χ3v) is 4.91. The number of hydrogen-bond donors (Lipinski definition) is 1. The number of hydrogen-bond acceptors (Lipinski definition) is 3. The summed E-state index contributed by atoms with van der Waals surface area (Å²) < 4.78 is 43.5. The predicted molar refractivity (Wildman–Crippen MR) is 89.8 cm³/mol. The molecule has 1 heterocycles. The van der Waals surface area contributed by atoms with Crippen molar-refractivity contribution in [3.8, 4) is 17.0 Å². The zero-order valence-corrected chi connectivity index (χ0v) is 13.8. The lowest BCUT2D eigenvalue weighted by molar-refractivity contribution is 0.486. The average molecular weight is 345 g/mol. The van der Waals surface area contributed by atoms with Crippen LogP contribution in [0.1, 0.15) is 12.5 Å². The molecule has 0 fully saturated rings. The van der Waals surface area contributed by atoms with E-state index in [2.05, 4.69) is 4.98 Å². The van der Waals surface area contributed by atoms with Crippen molar-refractivity contribution in [3.05, 3.63) is 72.2 Å². The summed E-state index contributed by atoms with van der Waals surface area (Å²) in [7, 11) is -3.93. The number of aromatic amines is 1. The Labute approximate surface area is 140 Å². The van der Waals surface area contributed by atoms with Gasteiger partial charge in [0.2, 0.25) is 0 Å². The van der Waals surface area contributed by atoms with Crippen molar-refractivity contribution in [2.24, 2.45) is 0 Å². The minimum absolute atomic E-state index is 0.0772. The number of benzene rings is 2. The fourth-order valence-corrected chi connectivity index (χ4v) is 3.24. The van der Waals surface area contributed by atoms with Crippen molar-refractivity contribution >= 4 is 10.1 Å². The molecule has 0 spiro atoms. The van der Waals surface area contributed by atoms with E-state index < -0.39 is 15.9 Å². The molecule has 0 saturated heterocycles. The van der Waals surface area contributed by atoms with E-state index >= 15 is 0 Å². The second-order valence-corrected chi connectivity index (χ2v) is 6.81. The highest BCUT2D eigenvalue weighted by Gasteiger charge is 2.18. The smallest absolute Gasteiger partial charge is 0.339 e. The van der Waals surface area contributed by atoms with Crippen molar-refractivity contribution in [2.45, 2.75) is 18.2 Å². The van der Waals surface area contributed by atoms with Crippen molar-refractivity contribution in [2.75, 3.05) is 0 Å². The van der Waals surface area contributed by atoms with E-state index in [1.54, 1.807) is 30.3 Å². The Hall–Kier alpha value is -2.60. The van der Waals surface area contributed by atoms with Crippen LogP contribution >= 0.6 is 0 Å². The molecule has 2 aromatic carbocycles. The second kappa shape index (κ2) is 6.49. The average Bonchev–Trinajstić information content (AvgIpc) is 3.03. The Morgan fingerprint density at radius 1 is 1.08 bits per heavy atom. The van der Waals surface area contributed by atoms with Crippen LogP contribution in [-0.2, 0) is 16.5 Å². The Bertz CT molecular complexity index is 946. The summed E-state index contributed by atoms with van der Waals surface area (Å²) in [5, 5.41) is 0. The number of rotatable bonds is 5. The summed E-state index contributed by atoms with van der Waals surface area (Å²) in [4.78, 5) is 2.90. The van der Waals surface area contributed by atoms with Crippen molar-refractivity contribution in [1.29, 1.82) is 0 Å². The lowest BCUT2D eigenvalue weighted by Crippen LogP contribution is -2.09. The van der Waals surface area contributed by atoms with Crippen LogP contribution in [0.3, 0.4) is 0 Å². The summed E-state index contributed by atoms with van der Waals surface area (Å²) >= 11 is 0. The van der Waals surface area contributed by atoms with Crippen LogP contribution in [0.15, 0.2) is 65.7 Å². The van der Waals surface area contributed by atoms with Crippen molar-refractivity contribution in [3.63, 3.8) is 0 Å². The van der Waals surface area contributed by atoms with Crippen LogP contribution in [0.4, 0.5) is 4.39 Å². The van der Waals surface area contributed by atoms with E-state index in [9.17, 15) is 12.8 Å². The number of aryl methyl sites for hydroxylation is 1. The molecule has 124 valence electrons. The van der Waals surface area contributed by atoms with Gasteiger partial charge in [-0.15, -0.1) is 0 Å². The van der Waals surface area contributed by atoms with E-state index in [4.69, 9.17) is 4.18 Å². The lowest BCUT2D eigenvalue weighted by Gasteiger charge is -2.05. The molecule has 3 rings (SSSR count). The van der Waals surface area contributed by atoms with E-state index in [1.807, 2.05) is 6.92 Å². The van der Waals surface area contributed by atoms with Gasteiger partial charge < -0.3 is 9.17 Å². The third kappa shape index (κ3) is 3.33. The molecule has 4 nitrogen and oxygen atoms in total. The van der Waals surface area contributed by atoms with Gasteiger partial charge in [0, 0.05) is 17.8 Å². The van der Waals surface area contributed by atoms with E-state index in [0.717, 1.165) is 12.0 Å². The molecule has 0 aliphatic rings. The maximum Gasteiger partial charge on any atom is 0.339 e. The molecule has 0 bridgehead atoms. The Balaban J connectivity index is 1.84. The van der Waals surface area contributed by atoms with Crippen molar-refractivity contribution in [1.82, 2.24) is 4.98 Å². The van der Waals surface area contributed by atoms with Gasteiger partial charge in [0.15, 0.2) is 5.75 Å². The maximum absolute atomic E-state index is 13.8. The van der Waals surface area contributed by atoms with Gasteiger partial charge in [0.1, 0.15) is 10.7 Å². The Morgan fingerprint density at radius 2 is 1.79 bits per heavy atom. The molecule has 0 saturated carbocycles. The van der Waals surface area contributed by atoms with Gasteiger partial charge in [0.05, 0.1) is 5.69 Å². The molecule has 6 heteroatoms. The molecule has 1 N–H and O–H groups in total. The molecule has 24 heavy (non-hydrogen) atoms. The molecule has 0 aliphatic heterocycles. The topological polar surface area (TPSA) is 59.2 Å². The van der Waals surface area contributed by atoms with Gasteiger partial charge in [-0.05, 0) is 36.2 Å². The van der Waals surface area contributed by atoms with Gasteiger partial charge in [-0.3, -0.25) is 0 Å². The highest BCUT2D eigenvalue weighted by molar-refractivity contribution is 7.87. The number of H-pyrrole nitrogens is 1. The standard InChI is InChI=1S/C18H16FNO3S/c1-2-13-7-9-15(10-8-13)24(21,22)23-14-11-18(20-12-14)16-5-3-4-6-17(16)19/h3-12,20H,2H2,1H3. The largest absolute Gasteiger partial charge is 0.377 e. The minimum atomic E-state index is -3.93. The molecule has 0 radical (unpaired) electrons. The molecule has 0 amide bonds. The first kappa shape index (κ1) is 16.3. The Kier molecular flexibility index (Phi) is 4.40. The summed E-state index contributed by atoms with van der Waals surface area (Å²) in [5.41, 5.74) is 1.83. The van der Waals surface area contributed by atoms with Gasteiger partial charge >= 0.3 is 10.1 Å². The number of nitrogens with one attached hydrogen (secondary N) is 1. The van der Waals surface area contributed by atoms with Gasteiger partial charge in [-0.25, -0.2) is 4.39 Å². The van der Waals surface area contributed by atoms with Gasteiger partial charge in [-0.1, -0.05) is 31.2 Å². The monoisotopic (exact) mass is 345 g/mol. The molecule has 0 unspecified atom stereocenters. The third-order valence-electron chi connectivity index (χ3n) is 3.65. The van der Waals surface area contributed by atoms with E-state index in [1.165, 1.54) is 30.5 Å². The first-order chi connectivity index (χ1) is 11.5. The van der Waals surface area contributed by atoms with Gasteiger partial charge in [-0.2, -0.15) is 8.42 Å². The van der Waals surface area contributed by atoms with Crippen LogP contribution in [0.2, 0.25) is 0 Å². The zero-order chi connectivity index (χ0) is 17.2. The highest BCUT2D eigenvalue weighted by Crippen LogP contribution is 2.27. The number of halogens is 1. The number of aromatic nitrogens is 1. The predicted octanol–water partition coefficient (Wildman–Crippen LogP) is 4.15. The molecule has 1 aromatic heterocycles. The van der Waals surface area contributed by atoms with Crippen LogP contribution < -0.4 is 4.18 Å². The maximum atomic E-state index is 13.8. The molecular formula is C18H16FNO3S. The van der Waals surface area contributed by atoms with Crippen LogP contribution in [-0.4, -0.2) is 13.4 Å². The van der Waals surface area contributed by atoms with Crippen LogP contribution in [0, 0.1) is 5.82 Å². The van der Waals surface area contributed by atoms with E-state index in [-0.39, 0.29) is 10.6 Å². The normalized spacial score (nSPS) is 11.4. The SMILES string of the molecule is CCc1ccc(S(=O)(=O)Oc2c[nH]c(-c3ccccc3F)c2)cc1. The van der Waals surface area contributed by atoms with Crippen LogP contribution in [0.25, 0.3) is 11.3 Å². The first-order valence-electron chi connectivity index (χ1n) is 7.46. The molecular weight excluding hydrogens is 329 g/mol. The minimum Gasteiger partial charge on any atom is -0.377 e. The van der Waals surface area contributed by atoms with Crippen molar-refractivity contribution < 1.29 is 17.0 Å². The lowest BCUT2D eigenvalue weighted by atomic mass is 10.1. The summed E-state index contributed by atoms with van der Waals surface area (Å²) in [6.45, 7) is 1.99. The van der Waals surface area contributed by atoms with Gasteiger partial charge in [0.25, 0.3) is 0 Å². The summed E-state index contributed by atoms with van der Waals surface area (Å²) in [5.74, 6) is -0.295. The second-order valence-electron chi connectivity index (χ2n) is 5.26. The fourth-order valence-electron chi connectivity index (χ4n) is 2.32. The summed E-state index contributed by atoms with van der Waals surface area (Å²) in [6.07, 6.45) is 2.21. The molecule has 0 aliphatic carbocycles. The fraction of sp³-hybridized carbons (Fsp3) is 0.111. The first-order valence-corrected chi connectivity index (χ1v) is 8.87. The van der Waals surface area contributed by atoms with E-state index in [0.29, 0.717) is 11.3 Å². The highest BCUT2D eigenvalue weighted by atomic mass is 32.2. The quantitative estimate of drug-likeness (QED) is 0.707. The van der Waals surface area contributed by atoms with Crippen LogP contribution in [0.5, 0.6) is 5.75 Å². The molecule has 0 atom stereocenters. The molecule has 3 aromatic rings. The summed E-state index contributed by atoms with van der Waals surface area (Å²) in [6, 6.07) is 14.2. The zero-order valence-electron chi connectivity index (χ0n) is 13.0. The Morgan fingerprint density at radius 3 is 2.46 bits per heavy atom.